The lowest BCUT2D eigenvalue weighted by molar-refractivity contribution is -0.142. The molecule has 0 aliphatic heterocycles. The molecule has 0 amide bonds. The summed E-state index contributed by atoms with van der Waals surface area (Å²) in [6.45, 7) is 8.63. The van der Waals surface area contributed by atoms with E-state index < -0.39 is 12.1 Å². The number of carbonyl (C=O) groups is 1. The van der Waals surface area contributed by atoms with E-state index in [1.807, 2.05) is 62.4 Å². The molecule has 3 aromatic carbocycles. The fraction of sp³-hybridized carbons (Fsp3) is 0.200. The van der Waals surface area contributed by atoms with Gasteiger partial charge in [-0.3, -0.25) is 0 Å². The molecule has 1 heterocycles. The second-order valence-corrected chi connectivity index (χ2v) is 8.96. The average molecular weight is 512 g/mol. The smallest absolute Gasteiger partial charge is 0.333 e. The minimum atomic E-state index is -1.04. The Labute approximate surface area is 221 Å². The molecule has 1 aromatic heterocycles. The minimum absolute atomic E-state index is 0.0941. The van der Waals surface area contributed by atoms with E-state index in [0.29, 0.717) is 28.8 Å². The van der Waals surface area contributed by atoms with E-state index in [9.17, 15) is 15.0 Å². The number of hydrogen-bond donors (Lipinski definition) is 2. The highest BCUT2D eigenvalue weighted by molar-refractivity contribution is 5.86. The van der Waals surface area contributed by atoms with Crippen LogP contribution in [-0.2, 0) is 9.53 Å². The number of aryl methyl sites for hydroxylation is 2. The van der Waals surface area contributed by atoms with Crippen molar-refractivity contribution in [1.29, 1.82) is 0 Å². The Bertz CT molecular complexity index is 1420. The third-order valence-corrected chi connectivity index (χ3v) is 5.82. The zero-order chi connectivity index (χ0) is 27.2. The Balaban J connectivity index is 1.63. The number of esters is 1. The quantitative estimate of drug-likeness (QED) is 0.237. The molecule has 0 radical (unpaired) electrons. The highest BCUT2D eigenvalue weighted by Crippen LogP contribution is 2.33. The van der Waals surface area contributed by atoms with Crippen LogP contribution in [0.1, 0.15) is 18.1 Å². The van der Waals surface area contributed by atoms with E-state index in [4.69, 9.17) is 24.4 Å². The standard InChI is InChI=1S/C30H29N3O5/c1-18(2)30(36)38-17-21(34)16-37-22-13-14-25(26(35)15-22)29-32-27(23-11-7-5-9-19(23)3)31-28(33-29)24-12-8-6-10-20(24)4/h5-15,21,34-35H,1,16-17H2,2-4H3. The largest absolute Gasteiger partial charge is 0.507 e. The maximum absolute atomic E-state index is 11.5. The summed E-state index contributed by atoms with van der Waals surface area (Å²) in [6, 6.07) is 20.4. The second-order valence-electron chi connectivity index (χ2n) is 8.96. The Morgan fingerprint density at radius 1 is 0.842 bits per heavy atom. The van der Waals surface area contributed by atoms with Gasteiger partial charge in [0.15, 0.2) is 17.5 Å². The molecule has 194 valence electrons. The van der Waals surface area contributed by atoms with Gasteiger partial charge >= 0.3 is 5.97 Å². The normalized spacial score (nSPS) is 11.6. The van der Waals surface area contributed by atoms with Gasteiger partial charge < -0.3 is 19.7 Å². The number of hydrogen-bond acceptors (Lipinski definition) is 8. The minimum Gasteiger partial charge on any atom is -0.507 e. The van der Waals surface area contributed by atoms with Gasteiger partial charge in [0.25, 0.3) is 0 Å². The third-order valence-electron chi connectivity index (χ3n) is 5.82. The predicted octanol–water partition coefficient (Wildman–Crippen LogP) is 5.05. The first kappa shape index (κ1) is 26.5. The van der Waals surface area contributed by atoms with Gasteiger partial charge in [0, 0.05) is 22.8 Å². The number of carbonyl (C=O) groups excluding carboxylic acids is 1. The van der Waals surface area contributed by atoms with E-state index in [0.717, 1.165) is 22.3 Å². The number of rotatable bonds is 9. The zero-order valence-corrected chi connectivity index (χ0v) is 21.5. The highest BCUT2D eigenvalue weighted by Gasteiger charge is 2.17. The monoisotopic (exact) mass is 511 g/mol. The summed E-state index contributed by atoms with van der Waals surface area (Å²) in [7, 11) is 0. The molecule has 0 bridgehead atoms. The van der Waals surface area contributed by atoms with Crippen LogP contribution in [0.5, 0.6) is 11.5 Å². The van der Waals surface area contributed by atoms with Crippen molar-refractivity contribution in [2.45, 2.75) is 26.9 Å². The Morgan fingerprint density at radius 2 is 1.37 bits per heavy atom. The second kappa shape index (κ2) is 11.7. The molecule has 0 aliphatic carbocycles. The molecule has 1 unspecified atom stereocenters. The first-order valence-electron chi connectivity index (χ1n) is 12.1. The summed E-state index contributed by atoms with van der Waals surface area (Å²) in [4.78, 5) is 25.6. The summed E-state index contributed by atoms with van der Waals surface area (Å²) in [5.41, 5.74) is 4.41. The molecule has 4 aromatic rings. The summed E-state index contributed by atoms with van der Waals surface area (Å²) in [5, 5.41) is 20.9. The lowest BCUT2D eigenvalue weighted by atomic mass is 10.1. The van der Waals surface area contributed by atoms with E-state index >= 15 is 0 Å². The van der Waals surface area contributed by atoms with Crippen molar-refractivity contribution in [3.63, 3.8) is 0 Å². The zero-order valence-electron chi connectivity index (χ0n) is 21.5. The molecule has 38 heavy (non-hydrogen) atoms. The number of ether oxygens (including phenoxy) is 2. The van der Waals surface area contributed by atoms with Crippen molar-refractivity contribution < 1.29 is 24.5 Å². The lowest BCUT2D eigenvalue weighted by Crippen LogP contribution is -2.25. The highest BCUT2D eigenvalue weighted by atomic mass is 16.5. The van der Waals surface area contributed by atoms with Gasteiger partial charge in [-0.25, -0.2) is 19.7 Å². The van der Waals surface area contributed by atoms with Gasteiger partial charge in [0.1, 0.15) is 30.8 Å². The number of phenolic OH excluding ortho intramolecular Hbond substituents is 1. The number of nitrogens with zero attached hydrogens (tertiary/aromatic N) is 3. The third kappa shape index (κ3) is 6.22. The molecule has 8 heteroatoms. The van der Waals surface area contributed by atoms with Crippen molar-refractivity contribution in [3.05, 3.63) is 90.0 Å². The number of phenols is 1. The lowest BCUT2D eigenvalue weighted by Gasteiger charge is -2.14. The summed E-state index contributed by atoms with van der Waals surface area (Å²) in [6.07, 6.45) is -1.04. The van der Waals surface area contributed by atoms with Gasteiger partial charge in [-0.05, 0) is 44.0 Å². The number of aliphatic hydroxyl groups is 1. The Hall–Kier alpha value is -4.56. The van der Waals surface area contributed by atoms with Gasteiger partial charge in [0.2, 0.25) is 0 Å². The number of aliphatic hydroxyl groups excluding tert-OH is 1. The molecule has 4 rings (SSSR count). The van der Waals surface area contributed by atoms with Crippen molar-refractivity contribution >= 4 is 5.97 Å². The topological polar surface area (TPSA) is 115 Å². The number of aromatic hydroxyl groups is 1. The SMILES string of the molecule is C=C(C)C(=O)OCC(O)COc1ccc(-c2nc(-c3ccccc3C)nc(-c3ccccc3C)n2)c(O)c1. The number of aromatic nitrogens is 3. The van der Waals surface area contributed by atoms with Gasteiger partial charge in [-0.15, -0.1) is 0 Å². The fourth-order valence-corrected chi connectivity index (χ4v) is 3.71. The summed E-state index contributed by atoms with van der Waals surface area (Å²) >= 11 is 0. The van der Waals surface area contributed by atoms with Crippen LogP contribution in [0.2, 0.25) is 0 Å². The molecule has 0 aliphatic rings. The van der Waals surface area contributed by atoms with Crippen molar-refractivity contribution in [2.75, 3.05) is 13.2 Å². The molecule has 0 fully saturated rings. The molecule has 8 nitrogen and oxygen atoms in total. The molecular weight excluding hydrogens is 482 g/mol. The van der Waals surface area contributed by atoms with Gasteiger partial charge in [0.05, 0.1) is 5.56 Å². The Morgan fingerprint density at radius 3 is 1.87 bits per heavy atom. The van der Waals surface area contributed by atoms with Crippen LogP contribution >= 0.6 is 0 Å². The molecule has 0 saturated carbocycles. The average Bonchev–Trinajstić information content (AvgIpc) is 2.90. The molecule has 0 spiro atoms. The van der Waals surface area contributed by atoms with Crippen molar-refractivity contribution in [3.8, 4) is 45.7 Å². The van der Waals surface area contributed by atoms with Crippen LogP contribution in [0.15, 0.2) is 78.9 Å². The van der Waals surface area contributed by atoms with Gasteiger partial charge in [-0.1, -0.05) is 55.1 Å². The first-order chi connectivity index (χ1) is 18.2. The fourth-order valence-electron chi connectivity index (χ4n) is 3.71. The molecule has 1 atom stereocenters. The molecule has 2 N–H and O–H groups in total. The molecule has 0 saturated heterocycles. The maximum atomic E-state index is 11.5. The summed E-state index contributed by atoms with van der Waals surface area (Å²) < 4.78 is 10.5. The van der Waals surface area contributed by atoms with Crippen molar-refractivity contribution in [2.24, 2.45) is 0 Å². The Kier molecular flexibility index (Phi) is 8.13. The van der Waals surface area contributed by atoms with Crippen LogP contribution in [0.4, 0.5) is 0 Å². The van der Waals surface area contributed by atoms with E-state index in [2.05, 4.69) is 6.58 Å². The van der Waals surface area contributed by atoms with Gasteiger partial charge in [-0.2, -0.15) is 0 Å². The van der Waals surface area contributed by atoms with Crippen molar-refractivity contribution in [1.82, 2.24) is 15.0 Å². The first-order valence-corrected chi connectivity index (χ1v) is 12.1. The van der Waals surface area contributed by atoms with Crippen LogP contribution in [0, 0.1) is 13.8 Å². The maximum Gasteiger partial charge on any atom is 0.333 e. The van der Waals surface area contributed by atoms with Crippen LogP contribution in [0.3, 0.4) is 0 Å². The van der Waals surface area contributed by atoms with Crippen LogP contribution < -0.4 is 4.74 Å². The van der Waals surface area contributed by atoms with E-state index in [1.165, 1.54) is 13.0 Å². The van der Waals surface area contributed by atoms with Crippen LogP contribution in [-0.4, -0.2) is 50.5 Å². The van der Waals surface area contributed by atoms with E-state index in [-0.39, 0.29) is 24.5 Å². The summed E-state index contributed by atoms with van der Waals surface area (Å²) in [5.74, 6) is 0.954. The predicted molar refractivity (Wildman–Crippen MR) is 145 cm³/mol. The van der Waals surface area contributed by atoms with E-state index in [1.54, 1.807) is 12.1 Å². The van der Waals surface area contributed by atoms with Crippen LogP contribution in [0.25, 0.3) is 34.2 Å². The number of benzene rings is 3. The molecular formula is C30H29N3O5.